The summed E-state index contributed by atoms with van der Waals surface area (Å²) >= 11 is 0. The van der Waals surface area contributed by atoms with E-state index in [2.05, 4.69) is 0 Å². The van der Waals surface area contributed by atoms with E-state index in [0.29, 0.717) is 0 Å². The van der Waals surface area contributed by atoms with Crippen molar-refractivity contribution in [2.45, 2.75) is 0 Å². The first-order valence-electron chi connectivity index (χ1n) is 0. The van der Waals surface area contributed by atoms with Gasteiger partial charge < -0.3 is 1.43 Å². The molecule has 0 aliphatic rings. The molecule has 4 heavy (non-hydrogen) atoms. The molecular formula is H4AlNaTiV. The van der Waals surface area contributed by atoms with Crippen LogP contribution in [0.4, 0.5) is 0 Å². The summed E-state index contributed by atoms with van der Waals surface area (Å²) in [4.78, 5) is 0. The molecule has 17 valence electrons. The zero-order valence-corrected chi connectivity index (χ0v) is 6.91. The fourth-order valence-electron chi connectivity index (χ4n) is 0. The van der Waals surface area contributed by atoms with E-state index < -0.39 is 0 Å². The Morgan fingerprint density at radius 3 is 1.25 bits per heavy atom. The second kappa shape index (κ2) is 17.0. The van der Waals surface area contributed by atoms with E-state index in [1.54, 1.807) is 0 Å². The summed E-state index contributed by atoms with van der Waals surface area (Å²) in [7, 11) is 0. The van der Waals surface area contributed by atoms with Gasteiger partial charge in [-0.2, -0.15) is 0 Å². The monoisotopic (exact) mass is 153 g/mol. The van der Waals surface area contributed by atoms with E-state index >= 15 is 0 Å². The third-order valence-corrected chi connectivity index (χ3v) is 0. The van der Waals surface area contributed by atoms with Gasteiger partial charge in [0.05, 0.1) is 0 Å². The van der Waals surface area contributed by atoms with Gasteiger partial charge in [-0.3, -0.25) is 0 Å². The van der Waals surface area contributed by atoms with Crippen molar-refractivity contribution in [3.63, 3.8) is 0 Å². The number of hydrogen-bond donors (Lipinski definition) is 0. The van der Waals surface area contributed by atoms with Gasteiger partial charge in [0.25, 0.3) is 0 Å². The molecule has 0 fully saturated rings. The molecule has 0 aromatic heterocycles. The van der Waals surface area contributed by atoms with E-state index in [0.717, 1.165) is 0 Å². The van der Waals surface area contributed by atoms with E-state index in [-0.39, 0.29) is 88.6 Å². The Kier molecular flexibility index (Phi) is 123. The van der Waals surface area contributed by atoms with Gasteiger partial charge in [0.2, 0.25) is 0 Å². The van der Waals surface area contributed by atoms with Crippen molar-refractivity contribution < 1.29 is 71.3 Å². The minimum atomic E-state index is 0. The zero-order chi connectivity index (χ0) is 0. The summed E-state index contributed by atoms with van der Waals surface area (Å²) in [6.07, 6.45) is 0. The van der Waals surface area contributed by atoms with Gasteiger partial charge in [-0.25, -0.2) is 0 Å². The van der Waals surface area contributed by atoms with Crippen molar-refractivity contribution in [3.05, 3.63) is 0 Å². The van der Waals surface area contributed by atoms with Crippen molar-refractivity contribution in [2.75, 3.05) is 0 Å². The Labute approximate surface area is 87.2 Å². The molecule has 0 unspecified atom stereocenters. The van der Waals surface area contributed by atoms with Crippen molar-refractivity contribution >= 4 is 17.4 Å². The van der Waals surface area contributed by atoms with Crippen molar-refractivity contribution in [1.82, 2.24) is 0 Å². The van der Waals surface area contributed by atoms with Crippen LogP contribution >= 0.6 is 0 Å². The average Bonchev–Trinajstić information content (AvgIpc) is 0. The third kappa shape index (κ3) is 8.85. The van der Waals surface area contributed by atoms with E-state index in [4.69, 9.17) is 0 Å². The summed E-state index contributed by atoms with van der Waals surface area (Å²) < 4.78 is 0. The third-order valence-electron chi connectivity index (χ3n) is 0. The Hall–Kier alpha value is 2.83. The van der Waals surface area contributed by atoms with Crippen LogP contribution in [-0.2, 0) is 40.3 Å². The molecule has 0 atom stereocenters. The standard InChI is InChI=1S/Al.Na.Ti.V.4H/q;+1;;;;;;-1. The van der Waals surface area contributed by atoms with Crippen molar-refractivity contribution in [1.29, 1.82) is 0 Å². The first-order chi connectivity index (χ1) is 0. The van der Waals surface area contributed by atoms with Crippen LogP contribution in [0, 0.1) is 0 Å². The number of rotatable bonds is 0. The fourth-order valence-corrected chi connectivity index (χ4v) is 0. The number of hydrogen-bond acceptors (Lipinski definition) is 0. The molecule has 0 nitrogen and oxygen atoms in total. The Balaban J connectivity index is 0. The molecule has 0 heterocycles. The first kappa shape index (κ1) is 29.0. The molecule has 0 aliphatic heterocycles. The summed E-state index contributed by atoms with van der Waals surface area (Å²) in [5, 5.41) is 0. The van der Waals surface area contributed by atoms with Crippen molar-refractivity contribution in [3.8, 4) is 0 Å². The molecule has 0 bridgehead atoms. The van der Waals surface area contributed by atoms with Crippen LogP contribution < -0.4 is 29.6 Å². The molecule has 0 aromatic rings. The normalized spacial score (nSPS) is 0. The SMILES string of the molecule is [AlH3].[H-].[Na+].[Ti].[V]. The molecule has 0 aromatic carbocycles. The van der Waals surface area contributed by atoms with Crippen LogP contribution in [-0.4, -0.2) is 17.4 Å². The smallest absolute Gasteiger partial charge is 1.00 e. The van der Waals surface area contributed by atoms with Crippen LogP contribution in [0.15, 0.2) is 0 Å². The molecule has 0 saturated heterocycles. The van der Waals surface area contributed by atoms with E-state index in [1.807, 2.05) is 0 Å². The fraction of sp³-hybridized carbons (Fsp3) is 0. The second-order valence-electron chi connectivity index (χ2n) is 0. The van der Waals surface area contributed by atoms with E-state index in [9.17, 15) is 0 Å². The maximum atomic E-state index is 0. The molecule has 0 saturated carbocycles. The Bertz CT molecular complexity index is 11.6. The predicted molar refractivity (Wildman–Crippen MR) is 11.1 cm³/mol. The maximum absolute atomic E-state index is 0. The van der Waals surface area contributed by atoms with Crippen molar-refractivity contribution in [2.24, 2.45) is 0 Å². The molecule has 0 spiro atoms. The van der Waals surface area contributed by atoms with Gasteiger partial charge in [0, 0.05) is 40.3 Å². The summed E-state index contributed by atoms with van der Waals surface area (Å²) in [5.74, 6) is 0. The van der Waals surface area contributed by atoms with Gasteiger partial charge in [-0.1, -0.05) is 0 Å². The zero-order valence-electron chi connectivity index (χ0n) is 2.95. The molecule has 0 aliphatic carbocycles. The molecule has 4 heteroatoms. The molecule has 0 rings (SSSR count). The largest absolute Gasteiger partial charge is 1.00 e. The Morgan fingerprint density at radius 2 is 1.25 bits per heavy atom. The first-order valence-corrected chi connectivity index (χ1v) is 0. The average molecular weight is 153 g/mol. The van der Waals surface area contributed by atoms with E-state index in [1.165, 1.54) is 0 Å². The summed E-state index contributed by atoms with van der Waals surface area (Å²) in [6.45, 7) is 0. The topological polar surface area (TPSA) is 0 Å². The van der Waals surface area contributed by atoms with Crippen LogP contribution in [0.5, 0.6) is 0 Å². The van der Waals surface area contributed by atoms with Crippen LogP contribution in [0.3, 0.4) is 0 Å². The van der Waals surface area contributed by atoms with Gasteiger partial charge in [-0.05, 0) is 0 Å². The van der Waals surface area contributed by atoms with Gasteiger partial charge >= 0.3 is 29.6 Å². The van der Waals surface area contributed by atoms with Crippen LogP contribution in [0.2, 0.25) is 0 Å². The summed E-state index contributed by atoms with van der Waals surface area (Å²) in [6, 6.07) is 0. The van der Waals surface area contributed by atoms with Crippen LogP contribution in [0.1, 0.15) is 1.43 Å². The Morgan fingerprint density at radius 1 is 1.25 bits per heavy atom. The van der Waals surface area contributed by atoms with Crippen LogP contribution in [0.25, 0.3) is 0 Å². The molecule has 1 radical (unpaired) electrons. The van der Waals surface area contributed by atoms with Gasteiger partial charge in [0.1, 0.15) is 0 Å². The summed E-state index contributed by atoms with van der Waals surface area (Å²) in [5.41, 5.74) is 0. The maximum Gasteiger partial charge on any atom is 1.00 e. The minimum absolute atomic E-state index is 0. The predicted octanol–water partition coefficient (Wildman–Crippen LogP) is -4.07. The quantitative estimate of drug-likeness (QED) is 0.310. The molecule has 0 amide bonds. The van der Waals surface area contributed by atoms with Gasteiger partial charge in [-0.15, -0.1) is 0 Å². The molecular weight excluding hydrogens is 149 g/mol. The second-order valence-corrected chi connectivity index (χ2v) is 0. The minimum Gasteiger partial charge on any atom is -1.00 e. The van der Waals surface area contributed by atoms with Gasteiger partial charge in [0.15, 0.2) is 17.4 Å². The molecule has 0 N–H and O–H groups in total.